The first-order valence-electron chi connectivity index (χ1n) is 0. The summed E-state index contributed by atoms with van der Waals surface area (Å²) in [6, 6.07) is 0. The molecule has 0 aliphatic rings. The molecule has 0 saturated heterocycles. The molecule has 0 saturated carbocycles. The van der Waals surface area contributed by atoms with Gasteiger partial charge in [-0.25, -0.2) is 0 Å². The summed E-state index contributed by atoms with van der Waals surface area (Å²) in [6.45, 7) is 0. The fourth-order valence-electron chi connectivity index (χ4n) is 0. The van der Waals surface area contributed by atoms with Crippen molar-refractivity contribution in [1.29, 1.82) is 0 Å². The SMILES string of the molecule is [Co].[LiH].[MgH+].[OH-]. The van der Waals surface area contributed by atoms with Gasteiger partial charge in [-0.05, 0) is 0 Å². The van der Waals surface area contributed by atoms with Crippen molar-refractivity contribution in [2.45, 2.75) is 0 Å². The van der Waals surface area contributed by atoms with Crippen LogP contribution in [0.15, 0.2) is 0 Å². The van der Waals surface area contributed by atoms with E-state index in [1.807, 2.05) is 0 Å². The smallest absolute Gasteiger partial charge is 0.870 e. The first kappa shape index (κ1) is 40.6. The van der Waals surface area contributed by atoms with Gasteiger partial charge in [-0.3, -0.25) is 0 Å². The predicted octanol–water partition coefficient (Wildman–Crippen LogP) is -1.48. The van der Waals surface area contributed by atoms with Crippen LogP contribution in [0, 0.1) is 0 Å². The second-order valence-corrected chi connectivity index (χ2v) is 0. The van der Waals surface area contributed by atoms with E-state index in [0.717, 1.165) is 0 Å². The van der Waals surface area contributed by atoms with Gasteiger partial charge in [0.1, 0.15) is 0 Å². The maximum absolute atomic E-state index is 0. The largest absolute Gasteiger partial charge is 0.870 e. The molecule has 0 rings (SSSR count). The Balaban J connectivity index is 0. The van der Waals surface area contributed by atoms with Gasteiger partial charge < -0.3 is 5.48 Å². The van der Waals surface area contributed by atoms with Gasteiger partial charge in [0.25, 0.3) is 0 Å². The summed E-state index contributed by atoms with van der Waals surface area (Å²) < 4.78 is 0. The number of rotatable bonds is 0. The van der Waals surface area contributed by atoms with Gasteiger partial charge in [0, 0.05) is 16.8 Å². The molecule has 21 valence electrons. The molecule has 1 radical (unpaired) electrons. The van der Waals surface area contributed by atoms with Crippen LogP contribution in [0.1, 0.15) is 0 Å². The van der Waals surface area contributed by atoms with Crippen molar-refractivity contribution in [3.05, 3.63) is 0 Å². The summed E-state index contributed by atoms with van der Waals surface area (Å²) in [7, 11) is 0. The molecule has 4 heavy (non-hydrogen) atoms. The Hall–Kier alpha value is 1.83. The van der Waals surface area contributed by atoms with E-state index in [2.05, 4.69) is 0 Å². The molecule has 0 bridgehead atoms. The first-order valence-corrected chi connectivity index (χ1v) is 0. The van der Waals surface area contributed by atoms with Crippen molar-refractivity contribution in [1.82, 2.24) is 0 Å². The third-order valence-electron chi connectivity index (χ3n) is 0. The molecule has 1 nitrogen and oxygen atoms in total. The Morgan fingerprint density at radius 2 is 1.00 bits per heavy atom. The van der Waals surface area contributed by atoms with E-state index in [-0.39, 0.29) is 64.2 Å². The number of hydrogen-bond acceptors (Lipinski definition) is 1. The third-order valence-corrected chi connectivity index (χ3v) is 0. The summed E-state index contributed by atoms with van der Waals surface area (Å²) in [4.78, 5) is 0. The van der Waals surface area contributed by atoms with Crippen LogP contribution in [0.3, 0.4) is 0 Å². The van der Waals surface area contributed by atoms with E-state index in [0.29, 0.717) is 0 Å². The molecular formula is H3CoLiMgO. The molecule has 0 aromatic rings. The van der Waals surface area contributed by atoms with Gasteiger partial charge in [0.05, 0.1) is 0 Å². The monoisotopic (exact) mass is 109 g/mol. The molecule has 0 amide bonds. The first-order chi connectivity index (χ1) is 0. The molecular weight excluding hydrogens is 106 g/mol. The Morgan fingerprint density at radius 3 is 1.00 bits per heavy atom. The van der Waals surface area contributed by atoms with Crippen molar-refractivity contribution < 1.29 is 22.3 Å². The zero-order valence-corrected chi connectivity index (χ0v) is 4.82. The normalized spacial score (nSPS) is 0. The zero-order valence-electron chi connectivity index (χ0n) is 1.78. The third kappa shape index (κ3) is 9.16. The van der Waals surface area contributed by atoms with Crippen molar-refractivity contribution in [2.24, 2.45) is 0 Å². The maximum atomic E-state index is 0. The van der Waals surface area contributed by atoms with Crippen LogP contribution in [0.2, 0.25) is 0 Å². The van der Waals surface area contributed by atoms with Crippen molar-refractivity contribution >= 4 is 41.9 Å². The Bertz CT molecular complexity index is 8.00. The van der Waals surface area contributed by atoms with Gasteiger partial charge in [-0.15, -0.1) is 0 Å². The van der Waals surface area contributed by atoms with E-state index in [4.69, 9.17) is 0 Å². The molecule has 0 aliphatic heterocycles. The van der Waals surface area contributed by atoms with E-state index in [1.54, 1.807) is 0 Å². The minimum atomic E-state index is 0. The quantitative estimate of drug-likeness (QED) is 0.349. The van der Waals surface area contributed by atoms with E-state index in [1.165, 1.54) is 0 Å². The van der Waals surface area contributed by atoms with Crippen molar-refractivity contribution in [3.63, 3.8) is 0 Å². The van der Waals surface area contributed by atoms with E-state index >= 15 is 0 Å². The molecule has 0 unspecified atom stereocenters. The van der Waals surface area contributed by atoms with Gasteiger partial charge >= 0.3 is 41.9 Å². The molecule has 0 aromatic carbocycles. The molecule has 0 heterocycles. The van der Waals surface area contributed by atoms with Crippen LogP contribution in [0.25, 0.3) is 0 Å². The molecule has 0 aliphatic carbocycles. The summed E-state index contributed by atoms with van der Waals surface area (Å²) in [5.74, 6) is 0. The van der Waals surface area contributed by atoms with Gasteiger partial charge in [-0.1, -0.05) is 0 Å². The van der Waals surface area contributed by atoms with Gasteiger partial charge in [-0.2, -0.15) is 0 Å². The average molecular weight is 109 g/mol. The Kier molecular flexibility index (Phi) is 215. The minimum absolute atomic E-state index is 0. The summed E-state index contributed by atoms with van der Waals surface area (Å²) in [6.07, 6.45) is 0. The fourth-order valence-corrected chi connectivity index (χ4v) is 0. The Morgan fingerprint density at radius 1 is 1.00 bits per heavy atom. The average Bonchev–Trinajstić information content (AvgIpc) is 0. The summed E-state index contributed by atoms with van der Waals surface area (Å²) in [5, 5.41) is 0. The minimum Gasteiger partial charge on any atom is -0.870 e. The van der Waals surface area contributed by atoms with Gasteiger partial charge in [0.2, 0.25) is 0 Å². The summed E-state index contributed by atoms with van der Waals surface area (Å²) in [5.41, 5.74) is 0. The van der Waals surface area contributed by atoms with Crippen LogP contribution in [0.5, 0.6) is 0 Å². The second-order valence-electron chi connectivity index (χ2n) is 0. The van der Waals surface area contributed by atoms with Gasteiger partial charge in [0.15, 0.2) is 0 Å². The van der Waals surface area contributed by atoms with Crippen molar-refractivity contribution in [3.8, 4) is 0 Å². The predicted molar refractivity (Wildman–Crippen MR) is 16.2 cm³/mol. The van der Waals surface area contributed by atoms with Crippen LogP contribution in [-0.2, 0) is 16.8 Å². The van der Waals surface area contributed by atoms with E-state index < -0.39 is 0 Å². The molecule has 0 atom stereocenters. The fraction of sp³-hybridized carbons (Fsp3) is 0. The van der Waals surface area contributed by atoms with Crippen LogP contribution < -0.4 is 0 Å². The maximum Gasteiger partial charge on any atom is -0.870 e. The molecule has 0 spiro atoms. The van der Waals surface area contributed by atoms with Crippen LogP contribution >= 0.6 is 0 Å². The standard InChI is InChI=1S/Co.Li.Mg.H2O.2H/h;;;1H2;;/q;;+1;;;/p-1. The van der Waals surface area contributed by atoms with Crippen molar-refractivity contribution in [2.75, 3.05) is 0 Å². The summed E-state index contributed by atoms with van der Waals surface area (Å²) >= 11 is 0. The molecule has 4 heteroatoms. The number of hydrogen-bond donors (Lipinski definition) is 0. The molecule has 1 N–H and O–H groups in total. The zero-order chi connectivity index (χ0) is 0. The van der Waals surface area contributed by atoms with E-state index in [9.17, 15) is 0 Å². The second kappa shape index (κ2) is 21.2. The topological polar surface area (TPSA) is 30.0 Å². The van der Waals surface area contributed by atoms with Crippen LogP contribution in [0.4, 0.5) is 0 Å². The molecule has 0 fully saturated rings. The molecule has 0 aromatic heterocycles. The van der Waals surface area contributed by atoms with Crippen LogP contribution in [-0.4, -0.2) is 47.4 Å². The Labute approximate surface area is 63.7 Å².